The van der Waals surface area contributed by atoms with Gasteiger partial charge in [-0.25, -0.2) is 0 Å². The third-order valence-corrected chi connectivity index (χ3v) is 2.86. The van der Waals surface area contributed by atoms with E-state index in [1.165, 1.54) is 11.1 Å². The average molecular weight is 209 g/mol. The van der Waals surface area contributed by atoms with Crippen LogP contribution in [0.15, 0.2) is 30.3 Å². The second kappa shape index (κ2) is 4.05. The molecule has 2 rings (SSSR count). The monoisotopic (exact) mass is 208 g/mol. The zero-order valence-electron chi connectivity index (χ0n) is 8.16. The van der Waals surface area contributed by atoms with Crippen molar-refractivity contribution in [1.29, 1.82) is 0 Å². The number of allylic oxidation sites excluding steroid dienone is 2. The van der Waals surface area contributed by atoms with Crippen molar-refractivity contribution in [3.8, 4) is 5.75 Å². The Morgan fingerprint density at radius 2 is 2.29 bits per heavy atom. The Morgan fingerprint density at radius 3 is 2.93 bits per heavy atom. The van der Waals surface area contributed by atoms with Crippen LogP contribution in [0.25, 0.3) is 5.57 Å². The van der Waals surface area contributed by atoms with Gasteiger partial charge in [0, 0.05) is 0 Å². The second-order valence-electron chi connectivity index (χ2n) is 3.48. The van der Waals surface area contributed by atoms with Crippen molar-refractivity contribution < 1.29 is 4.74 Å². The highest BCUT2D eigenvalue weighted by atomic mass is 35.5. The highest BCUT2D eigenvalue weighted by molar-refractivity contribution is 6.22. The summed E-state index contributed by atoms with van der Waals surface area (Å²) in [5, 5.41) is 0.205. The summed E-state index contributed by atoms with van der Waals surface area (Å²) in [6.45, 7) is 0. The Bertz CT molecular complexity index is 357. The molecule has 0 aromatic heterocycles. The van der Waals surface area contributed by atoms with Crippen LogP contribution in [0.5, 0.6) is 5.75 Å². The van der Waals surface area contributed by atoms with Gasteiger partial charge < -0.3 is 4.74 Å². The predicted molar refractivity (Wildman–Crippen MR) is 59.8 cm³/mol. The molecule has 1 atom stereocenters. The van der Waals surface area contributed by atoms with E-state index in [2.05, 4.69) is 18.2 Å². The zero-order valence-corrected chi connectivity index (χ0v) is 8.92. The molecule has 2 heteroatoms. The molecule has 0 saturated carbocycles. The fourth-order valence-corrected chi connectivity index (χ4v) is 2.00. The van der Waals surface area contributed by atoms with E-state index in [4.69, 9.17) is 16.3 Å². The lowest BCUT2D eigenvalue weighted by Gasteiger charge is -2.04. The topological polar surface area (TPSA) is 9.23 Å². The highest BCUT2D eigenvalue weighted by Crippen LogP contribution is 2.31. The van der Waals surface area contributed by atoms with Gasteiger partial charge in [-0.2, -0.15) is 0 Å². The maximum absolute atomic E-state index is 6.02. The fraction of sp³-hybridized carbons (Fsp3) is 0.333. The first-order valence-electron chi connectivity index (χ1n) is 4.79. The maximum atomic E-state index is 6.02. The van der Waals surface area contributed by atoms with E-state index < -0.39 is 0 Å². The molecule has 0 aliphatic heterocycles. The van der Waals surface area contributed by atoms with E-state index in [1.807, 2.05) is 12.1 Å². The lowest BCUT2D eigenvalue weighted by Crippen LogP contribution is -1.85. The second-order valence-corrected chi connectivity index (χ2v) is 4.04. The summed E-state index contributed by atoms with van der Waals surface area (Å²) in [6.07, 6.45) is 4.26. The zero-order chi connectivity index (χ0) is 9.97. The Balaban J connectivity index is 2.28. The van der Waals surface area contributed by atoms with Gasteiger partial charge >= 0.3 is 0 Å². The van der Waals surface area contributed by atoms with Crippen LogP contribution in [0.4, 0.5) is 0 Å². The first kappa shape index (κ1) is 9.60. The minimum Gasteiger partial charge on any atom is -0.497 e. The van der Waals surface area contributed by atoms with Crippen LogP contribution in [0, 0.1) is 0 Å². The van der Waals surface area contributed by atoms with Crippen LogP contribution < -0.4 is 4.74 Å². The van der Waals surface area contributed by atoms with Gasteiger partial charge in [-0.15, -0.1) is 11.6 Å². The first-order chi connectivity index (χ1) is 6.79. The maximum Gasteiger partial charge on any atom is 0.119 e. The minimum atomic E-state index is 0.205. The third-order valence-electron chi connectivity index (χ3n) is 2.51. The van der Waals surface area contributed by atoms with Gasteiger partial charge in [0.25, 0.3) is 0 Å². The number of methoxy groups -OCH3 is 1. The van der Waals surface area contributed by atoms with Crippen LogP contribution in [-0.2, 0) is 0 Å². The molecular formula is C12H13ClO. The number of benzene rings is 1. The van der Waals surface area contributed by atoms with Gasteiger partial charge in [-0.3, -0.25) is 0 Å². The molecule has 14 heavy (non-hydrogen) atoms. The summed E-state index contributed by atoms with van der Waals surface area (Å²) in [5.74, 6) is 0.904. The van der Waals surface area contributed by atoms with E-state index >= 15 is 0 Å². The summed E-state index contributed by atoms with van der Waals surface area (Å²) in [6, 6.07) is 8.12. The lowest BCUT2D eigenvalue weighted by molar-refractivity contribution is 0.414. The van der Waals surface area contributed by atoms with Crippen molar-refractivity contribution in [3.05, 3.63) is 35.9 Å². The number of ether oxygens (including phenoxy) is 1. The Kier molecular flexibility index (Phi) is 2.78. The Hall–Kier alpha value is -0.950. The molecule has 0 heterocycles. The van der Waals surface area contributed by atoms with Crippen LogP contribution >= 0.6 is 11.6 Å². The van der Waals surface area contributed by atoms with Crippen molar-refractivity contribution in [1.82, 2.24) is 0 Å². The molecule has 1 aliphatic rings. The molecule has 1 unspecified atom stereocenters. The van der Waals surface area contributed by atoms with Crippen molar-refractivity contribution in [2.24, 2.45) is 0 Å². The molecule has 1 aliphatic carbocycles. The van der Waals surface area contributed by atoms with Crippen molar-refractivity contribution in [2.75, 3.05) is 7.11 Å². The largest absolute Gasteiger partial charge is 0.497 e. The number of rotatable bonds is 2. The molecule has 0 radical (unpaired) electrons. The van der Waals surface area contributed by atoms with Gasteiger partial charge in [0.1, 0.15) is 5.75 Å². The quantitative estimate of drug-likeness (QED) is 0.677. The van der Waals surface area contributed by atoms with Crippen LogP contribution in [0.2, 0.25) is 0 Å². The number of alkyl halides is 1. The summed E-state index contributed by atoms with van der Waals surface area (Å²) in [7, 11) is 1.69. The van der Waals surface area contributed by atoms with E-state index in [-0.39, 0.29) is 5.38 Å². The Labute approximate surface area is 89.3 Å². The van der Waals surface area contributed by atoms with Crippen LogP contribution in [0.3, 0.4) is 0 Å². The predicted octanol–water partition coefficient (Wildman–Crippen LogP) is 3.48. The molecule has 0 amide bonds. The highest BCUT2D eigenvalue weighted by Gasteiger charge is 2.14. The molecule has 1 aromatic rings. The van der Waals surface area contributed by atoms with E-state index in [9.17, 15) is 0 Å². The van der Waals surface area contributed by atoms with Crippen molar-refractivity contribution in [2.45, 2.75) is 18.2 Å². The van der Waals surface area contributed by atoms with E-state index in [1.54, 1.807) is 7.11 Å². The molecule has 0 bridgehead atoms. The molecule has 0 spiro atoms. The summed E-state index contributed by atoms with van der Waals surface area (Å²) < 4.78 is 5.18. The van der Waals surface area contributed by atoms with Gasteiger partial charge in [0.2, 0.25) is 0 Å². The molecule has 74 valence electrons. The lowest BCUT2D eigenvalue weighted by atomic mass is 10.1. The summed E-state index contributed by atoms with van der Waals surface area (Å²) in [5.41, 5.74) is 2.57. The van der Waals surface area contributed by atoms with Gasteiger partial charge in [0.15, 0.2) is 0 Å². The average Bonchev–Trinajstić information content (AvgIpc) is 2.65. The molecule has 1 aromatic carbocycles. The fourth-order valence-electron chi connectivity index (χ4n) is 1.74. The van der Waals surface area contributed by atoms with Gasteiger partial charge in [-0.1, -0.05) is 18.2 Å². The molecule has 0 saturated heterocycles. The first-order valence-corrected chi connectivity index (χ1v) is 5.22. The van der Waals surface area contributed by atoms with Crippen molar-refractivity contribution >= 4 is 17.2 Å². The number of hydrogen-bond acceptors (Lipinski definition) is 1. The summed E-state index contributed by atoms with van der Waals surface area (Å²) in [4.78, 5) is 0. The third kappa shape index (κ3) is 1.93. The molecule has 0 N–H and O–H groups in total. The smallest absolute Gasteiger partial charge is 0.119 e. The Morgan fingerprint density at radius 1 is 1.43 bits per heavy atom. The summed E-state index contributed by atoms with van der Waals surface area (Å²) >= 11 is 6.02. The number of hydrogen-bond donors (Lipinski definition) is 0. The standard InChI is InChI=1S/C12H13ClO/c1-14-12-4-2-3-9(8-12)10-5-6-11(13)7-10/h2-4,7-8,11H,5-6H2,1H3. The van der Waals surface area contributed by atoms with E-state index in [0.29, 0.717) is 0 Å². The molecule has 0 fully saturated rings. The minimum absolute atomic E-state index is 0.205. The number of halogens is 1. The normalized spacial score (nSPS) is 20.7. The van der Waals surface area contributed by atoms with Gasteiger partial charge in [-0.05, 0) is 36.1 Å². The molecule has 1 nitrogen and oxygen atoms in total. The molecular weight excluding hydrogens is 196 g/mol. The SMILES string of the molecule is COc1cccc(C2=CC(Cl)CC2)c1. The van der Waals surface area contributed by atoms with Gasteiger partial charge in [0.05, 0.1) is 12.5 Å². The van der Waals surface area contributed by atoms with Crippen LogP contribution in [0.1, 0.15) is 18.4 Å². The van der Waals surface area contributed by atoms with E-state index in [0.717, 1.165) is 18.6 Å². The van der Waals surface area contributed by atoms with Crippen LogP contribution in [-0.4, -0.2) is 12.5 Å². The van der Waals surface area contributed by atoms with Crippen molar-refractivity contribution in [3.63, 3.8) is 0 Å².